The van der Waals surface area contributed by atoms with Crippen molar-refractivity contribution in [3.05, 3.63) is 36.2 Å². The van der Waals surface area contributed by atoms with E-state index in [1.165, 1.54) is 6.08 Å². The first-order valence-electron chi connectivity index (χ1n) is 5.17. The van der Waals surface area contributed by atoms with Gasteiger partial charge in [-0.3, -0.25) is 9.78 Å². The van der Waals surface area contributed by atoms with Crippen LogP contribution in [0.4, 0.5) is 0 Å². The van der Waals surface area contributed by atoms with Crippen LogP contribution in [0.3, 0.4) is 0 Å². The molecule has 0 aliphatic rings. The normalized spacial score (nSPS) is 10.8. The van der Waals surface area contributed by atoms with Crippen LogP contribution < -0.4 is 5.32 Å². The summed E-state index contributed by atoms with van der Waals surface area (Å²) in [5, 5.41) is 2.45. The molecule has 0 aliphatic carbocycles. The van der Waals surface area contributed by atoms with Gasteiger partial charge in [0.15, 0.2) is 0 Å². The zero-order valence-electron chi connectivity index (χ0n) is 9.88. The van der Waals surface area contributed by atoms with Gasteiger partial charge >= 0.3 is 0 Å². The van der Waals surface area contributed by atoms with E-state index in [-0.39, 0.29) is 12.5 Å². The molecule has 0 unspecified atom stereocenters. The van der Waals surface area contributed by atoms with Gasteiger partial charge in [0.25, 0.3) is 0 Å². The highest BCUT2D eigenvalue weighted by atomic mass is 16.2. The lowest BCUT2D eigenvalue weighted by molar-refractivity contribution is -0.118. The maximum Gasteiger partial charge on any atom is 0.246 e. The molecule has 0 fully saturated rings. The van der Waals surface area contributed by atoms with Crippen molar-refractivity contribution >= 4 is 17.9 Å². The van der Waals surface area contributed by atoms with Gasteiger partial charge in [0.05, 0.1) is 17.9 Å². The molecule has 0 atom stereocenters. The molecule has 1 heterocycles. The Kier molecular flexibility index (Phi) is 4.87. The van der Waals surface area contributed by atoms with Crippen molar-refractivity contribution in [2.75, 3.05) is 20.6 Å². The van der Waals surface area contributed by atoms with Crippen LogP contribution in [0.25, 0.3) is 5.70 Å². The number of pyridine rings is 1. The van der Waals surface area contributed by atoms with Crippen molar-refractivity contribution in [3.8, 4) is 0 Å². The Hall–Kier alpha value is -2.17. The number of hydrogen-bond donors (Lipinski definition) is 1. The van der Waals surface area contributed by atoms with Gasteiger partial charge in [-0.05, 0) is 12.1 Å². The van der Waals surface area contributed by atoms with Crippen molar-refractivity contribution < 1.29 is 9.59 Å². The Bertz CT molecular complexity index is 413. The molecule has 0 aromatic carbocycles. The topological polar surface area (TPSA) is 62.3 Å². The number of amides is 1. The summed E-state index contributed by atoms with van der Waals surface area (Å²) in [5.74, 6) is -0.313. The van der Waals surface area contributed by atoms with E-state index in [0.717, 1.165) is 0 Å². The Labute approximate surface area is 100 Å². The van der Waals surface area contributed by atoms with Gasteiger partial charge in [-0.15, -0.1) is 0 Å². The fraction of sp³-hybridized carbons (Fsp3) is 0.250. The summed E-state index contributed by atoms with van der Waals surface area (Å²) in [6, 6.07) is 5.48. The third-order valence-electron chi connectivity index (χ3n) is 2.04. The molecule has 1 rings (SSSR count). The first-order valence-corrected chi connectivity index (χ1v) is 5.17. The SMILES string of the molecule is CN(C)C(=CC(=O)NCC=O)c1ccccn1. The Morgan fingerprint density at radius 2 is 2.24 bits per heavy atom. The van der Waals surface area contributed by atoms with Crippen LogP contribution >= 0.6 is 0 Å². The highest BCUT2D eigenvalue weighted by Crippen LogP contribution is 2.12. The summed E-state index contributed by atoms with van der Waals surface area (Å²) in [5.41, 5.74) is 1.40. The first kappa shape index (κ1) is 12.9. The largest absolute Gasteiger partial charge is 0.376 e. The lowest BCUT2D eigenvalue weighted by Crippen LogP contribution is -2.24. The standard InChI is InChI=1S/C12H15N3O2/c1-15(2)11(9-12(17)14-7-8-16)10-5-3-4-6-13-10/h3-6,8-9H,7H2,1-2H3,(H,14,17). The van der Waals surface area contributed by atoms with Crippen molar-refractivity contribution in [1.82, 2.24) is 15.2 Å². The molecular weight excluding hydrogens is 218 g/mol. The zero-order chi connectivity index (χ0) is 12.7. The predicted octanol–water partition coefficient (Wildman–Crippen LogP) is 0.299. The molecule has 0 saturated heterocycles. The molecule has 1 aromatic heterocycles. The summed E-state index contributed by atoms with van der Waals surface area (Å²) in [7, 11) is 3.65. The minimum atomic E-state index is -0.313. The monoisotopic (exact) mass is 233 g/mol. The molecule has 1 N–H and O–H groups in total. The number of aromatic nitrogens is 1. The zero-order valence-corrected chi connectivity index (χ0v) is 9.88. The van der Waals surface area contributed by atoms with Crippen LogP contribution in [0.15, 0.2) is 30.5 Å². The van der Waals surface area contributed by atoms with Crippen molar-refractivity contribution in [3.63, 3.8) is 0 Å². The second-order valence-electron chi connectivity index (χ2n) is 3.55. The van der Waals surface area contributed by atoms with Crippen molar-refractivity contribution in [1.29, 1.82) is 0 Å². The number of carbonyl (C=O) groups is 2. The molecule has 0 saturated carbocycles. The molecule has 17 heavy (non-hydrogen) atoms. The average Bonchev–Trinajstić information content (AvgIpc) is 2.34. The number of nitrogens with zero attached hydrogens (tertiary/aromatic N) is 2. The van der Waals surface area contributed by atoms with E-state index in [4.69, 9.17) is 0 Å². The summed E-state index contributed by atoms with van der Waals surface area (Å²) < 4.78 is 0. The third-order valence-corrected chi connectivity index (χ3v) is 2.04. The fourth-order valence-corrected chi connectivity index (χ4v) is 1.26. The van der Waals surface area contributed by atoms with Gasteiger partial charge in [-0.25, -0.2) is 0 Å². The first-order chi connectivity index (χ1) is 8.15. The second-order valence-corrected chi connectivity index (χ2v) is 3.55. The lowest BCUT2D eigenvalue weighted by Gasteiger charge is -2.16. The highest BCUT2D eigenvalue weighted by molar-refractivity contribution is 5.95. The molecule has 1 amide bonds. The average molecular weight is 233 g/mol. The van der Waals surface area contributed by atoms with Crippen LogP contribution in [-0.4, -0.2) is 42.7 Å². The van der Waals surface area contributed by atoms with E-state index < -0.39 is 0 Å². The van der Waals surface area contributed by atoms with Gasteiger partial charge in [0.2, 0.25) is 5.91 Å². The Balaban J connectivity index is 2.90. The van der Waals surface area contributed by atoms with Gasteiger partial charge < -0.3 is 15.0 Å². The van der Waals surface area contributed by atoms with E-state index in [1.807, 2.05) is 32.3 Å². The van der Waals surface area contributed by atoms with E-state index in [9.17, 15) is 9.59 Å². The van der Waals surface area contributed by atoms with Gasteiger partial charge in [0.1, 0.15) is 6.29 Å². The third kappa shape index (κ3) is 4.06. The van der Waals surface area contributed by atoms with Crippen LogP contribution in [0.5, 0.6) is 0 Å². The molecule has 0 bridgehead atoms. The summed E-state index contributed by atoms with van der Waals surface area (Å²) >= 11 is 0. The lowest BCUT2D eigenvalue weighted by atomic mass is 10.2. The van der Waals surface area contributed by atoms with Gasteiger partial charge in [-0.1, -0.05) is 6.07 Å². The smallest absolute Gasteiger partial charge is 0.246 e. The Morgan fingerprint density at radius 3 is 2.76 bits per heavy atom. The molecule has 0 aliphatic heterocycles. The number of rotatable bonds is 5. The number of nitrogens with one attached hydrogen (secondary N) is 1. The van der Waals surface area contributed by atoms with Crippen LogP contribution in [0.2, 0.25) is 0 Å². The number of carbonyl (C=O) groups excluding carboxylic acids is 2. The predicted molar refractivity (Wildman–Crippen MR) is 65.0 cm³/mol. The van der Waals surface area contributed by atoms with Crippen molar-refractivity contribution in [2.24, 2.45) is 0 Å². The molecule has 5 nitrogen and oxygen atoms in total. The Morgan fingerprint density at radius 1 is 1.47 bits per heavy atom. The fourth-order valence-electron chi connectivity index (χ4n) is 1.26. The van der Waals surface area contributed by atoms with E-state index in [0.29, 0.717) is 17.7 Å². The highest BCUT2D eigenvalue weighted by Gasteiger charge is 2.07. The minimum Gasteiger partial charge on any atom is -0.376 e. The van der Waals surface area contributed by atoms with E-state index in [1.54, 1.807) is 11.1 Å². The van der Waals surface area contributed by atoms with Crippen LogP contribution in [0.1, 0.15) is 5.69 Å². The summed E-state index contributed by atoms with van der Waals surface area (Å²) in [6.45, 7) is 0.0122. The molecular formula is C12H15N3O2. The molecule has 5 heteroatoms. The molecule has 1 aromatic rings. The van der Waals surface area contributed by atoms with E-state index in [2.05, 4.69) is 10.3 Å². The second kappa shape index (κ2) is 6.42. The summed E-state index contributed by atoms with van der Waals surface area (Å²) in [4.78, 5) is 27.6. The molecule has 0 spiro atoms. The minimum absolute atomic E-state index is 0.0122. The summed E-state index contributed by atoms with van der Waals surface area (Å²) in [6.07, 6.45) is 3.73. The van der Waals surface area contributed by atoms with Crippen molar-refractivity contribution in [2.45, 2.75) is 0 Å². The van der Waals surface area contributed by atoms with Crippen LogP contribution in [0, 0.1) is 0 Å². The quantitative estimate of drug-likeness (QED) is 0.587. The maximum atomic E-state index is 11.5. The number of aldehydes is 1. The van der Waals surface area contributed by atoms with Crippen LogP contribution in [-0.2, 0) is 9.59 Å². The van der Waals surface area contributed by atoms with Gasteiger partial charge in [-0.2, -0.15) is 0 Å². The molecule has 0 radical (unpaired) electrons. The molecule has 90 valence electrons. The van der Waals surface area contributed by atoms with Gasteiger partial charge in [0, 0.05) is 26.4 Å². The maximum absolute atomic E-state index is 11.5. The van der Waals surface area contributed by atoms with E-state index >= 15 is 0 Å². The number of hydrogen-bond acceptors (Lipinski definition) is 4.